The van der Waals surface area contributed by atoms with Crippen LogP contribution in [0.4, 0.5) is 4.39 Å². The van der Waals surface area contributed by atoms with Crippen molar-refractivity contribution in [3.8, 4) is 11.4 Å². The molecule has 1 N–H and O–H groups in total. The van der Waals surface area contributed by atoms with Gasteiger partial charge in [-0.1, -0.05) is 13.3 Å². The second kappa shape index (κ2) is 9.07. The number of hydrogen-bond donors (Lipinski definition) is 1. The van der Waals surface area contributed by atoms with Gasteiger partial charge in [0.05, 0.1) is 22.7 Å². The van der Waals surface area contributed by atoms with Crippen LogP contribution in [0, 0.1) is 5.82 Å². The maximum atomic E-state index is 13.3. The van der Waals surface area contributed by atoms with E-state index in [1.54, 1.807) is 35.1 Å². The van der Waals surface area contributed by atoms with Gasteiger partial charge >= 0.3 is 0 Å². The minimum Gasteiger partial charge on any atom is -0.344 e. The number of pyridine rings is 1. The summed E-state index contributed by atoms with van der Waals surface area (Å²) < 4.78 is 38.9. The maximum absolute atomic E-state index is 13.3. The highest BCUT2D eigenvalue weighted by Crippen LogP contribution is 2.24. The third-order valence-corrected chi connectivity index (χ3v) is 6.30. The summed E-state index contributed by atoms with van der Waals surface area (Å²) in [7, 11) is -3.43. The van der Waals surface area contributed by atoms with Crippen molar-refractivity contribution in [3.63, 3.8) is 0 Å². The fourth-order valence-electron chi connectivity index (χ4n) is 3.58. The van der Waals surface area contributed by atoms with Crippen LogP contribution in [0.1, 0.15) is 41.9 Å². The molecule has 0 aliphatic rings. The van der Waals surface area contributed by atoms with E-state index in [1.807, 2.05) is 6.92 Å². The van der Waals surface area contributed by atoms with Gasteiger partial charge in [0.15, 0.2) is 15.5 Å². The predicted octanol–water partition coefficient (Wildman–Crippen LogP) is 3.61. The summed E-state index contributed by atoms with van der Waals surface area (Å²) in [5.74, 6) is -0.219. The van der Waals surface area contributed by atoms with Crippen molar-refractivity contribution in [2.75, 3.05) is 6.26 Å². The maximum Gasteiger partial charge on any atom is 0.272 e. The number of halogens is 1. The summed E-state index contributed by atoms with van der Waals surface area (Å²) in [6.45, 7) is 1.97. The molecule has 0 bridgehead atoms. The van der Waals surface area contributed by atoms with E-state index in [9.17, 15) is 17.6 Å². The third-order valence-electron chi connectivity index (χ3n) is 5.22. The third kappa shape index (κ3) is 4.75. The van der Waals surface area contributed by atoms with Gasteiger partial charge in [-0.2, -0.15) is 0 Å². The van der Waals surface area contributed by atoms with Gasteiger partial charge in [-0.25, -0.2) is 22.8 Å². The topological polar surface area (TPSA) is 106 Å². The summed E-state index contributed by atoms with van der Waals surface area (Å²) in [5, 5.41) is 2.95. The SMILES string of the molecule is CCC[C@H](NC(=O)c1nccn2c(-c3ccc(F)cc3)ncc12)c1cncc(S(C)(=O)=O)c1. The van der Waals surface area contributed by atoms with E-state index < -0.39 is 21.8 Å². The minimum atomic E-state index is -3.43. The van der Waals surface area contributed by atoms with Gasteiger partial charge in [-0.3, -0.25) is 14.2 Å². The first-order valence-corrected chi connectivity index (χ1v) is 12.2. The Balaban J connectivity index is 1.67. The Labute approximate surface area is 190 Å². The number of sulfone groups is 1. The molecule has 1 atom stereocenters. The Hall–Kier alpha value is -3.66. The van der Waals surface area contributed by atoms with Crippen LogP contribution in [0.15, 0.2) is 66.2 Å². The van der Waals surface area contributed by atoms with E-state index in [0.29, 0.717) is 28.9 Å². The molecule has 0 aliphatic carbocycles. The quantitative estimate of drug-likeness (QED) is 0.445. The Morgan fingerprint density at radius 2 is 1.91 bits per heavy atom. The number of imidazole rings is 1. The largest absolute Gasteiger partial charge is 0.344 e. The van der Waals surface area contributed by atoms with Crippen LogP contribution < -0.4 is 5.32 Å². The zero-order chi connectivity index (χ0) is 23.6. The summed E-state index contributed by atoms with van der Waals surface area (Å²) in [4.78, 5) is 26.0. The molecule has 170 valence electrons. The molecule has 3 aromatic heterocycles. The average molecular weight is 468 g/mol. The van der Waals surface area contributed by atoms with Gasteiger partial charge in [-0.05, 0) is 42.3 Å². The zero-order valence-corrected chi connectivity index (χ0v) is 18.9. The number of benzene rings is 1. The molecule has 33 heavy (non-hydrogen) atoms. The standard InChI is InChI=1S/C23H22FN5O3S/c1-3-4-19(16-11-18(13-25-12-16)33(2,31)32)28-23(30)21-20-14-27-22(29(20)10-9-26-21)15-5-7-17(24)8-6-15/h5-14,19H,3-4H2,1-2H3,(H,28,30)/t19-/m0/s1. The Morgan fingerprint density at radius 1 is 1.15 bits per heavy atom. The Kier molecular flexibility index (Phi) is 6.19. The number of nitrogens with zero attached hydrogens (tertiary/aromatic N) is 4. The van der Waals surface area contributed by atoms with Crippen LogP contribution in [0.2, 0.25) is 0 Å². The highest BCUT2D eigenvalue weighted by atomic mass is 32.2. The Bertz CT molecular complexity index is 1420. The van der Waals surface area contributed by atoms with Crippen molar-refractivity contribution < 1.29 is 17.6 Å². The lowest BCUT2D eigenvalue weighted by atomic mass is 10.0. The zero-order valence-electron chi connectivity index (χ0n) is 18.1. The van der Waals surface area contributed by atoms with Gasteiger partial charge in [0.2, 0.25) is 0 Å². The highest BCUT2D eigenvalue weighted by Gasteiger charge is 2.21. The van der Waals surface area contributed by atoms with Crippen molar-refractivity contribution >= 4 is 21.3 Å². The molecule has 3 heterocycles. The molecule has 1 amide bonds. The van der Waals surface area contributed by atoms with Gasteiger partial charge in [0, 0.05) is 36.6 Å². The molecule has 0 radical (unpaired) electrons. The van der Waals surface area contributed by atoms with Crippen molar-refractivity contribution in [2.45, 2.75) is 30.7 Å². The molecule has 0 saturated heterocycles. The molecule has 0 aliphatic heterocycles. The summed E-state index contributed by atoms with van der Waals surface area (Å²) in [5.41, 5.74) is 1.96. The van der Waals surface area contributed by atoms with Crippen LogP contribution in [0.3, 0.4) is 0 Å². The van der Waals surface area contributed by atoms with E-state index in [-0.39, 0.29) is 16.4 Å². The molecular formula is C23H22FN5O3S. The molecule has 4 aromatic rings. The molecule has 0 unspecified atom stereocenters. The normalized spacial score (nSPS) is 12.6. The average Bonchev–Trinajstić information content (AvgIpc) is 3.23. The number of aromatic nitrogens is 4. The first kappa shape index (κ1) is 22.5. The molecular weight excluding hydrogens is 445 g/mol. The predicted molar refractivity (Wildman–Crippen MR) is 121 cm³/mol. The number of rotatable bonds is 7. The first-order chi connectivity index (χ1) is 15.8. The van der Waals surface area contributed by atoms with Gasteiger partial charge in [0.1, 0.15) is 11.6 Å². The van der Waals surface area contributed by atoms with E-state index in [0.717, 1.165) is 12.7 Å². The van der Waals surface area contributed by atoms with Crippen molar-refractivity contribution in [1.82, 2.24) is 24.7 Å². The molecule has 0 saturated carbocycles. The van der Waals surface area contributed by atoms with E-state index in [2.05, 4.69) is 20.3 Å². The molecule has 0 fully saturated rings. The molecule has 4 rings (SSSR count). The van der Waals surface area contributed by atoms with Gasteiger partial charge < -0.3 is 5.32 Å². The van der Waals surface area contributed by atoms with Gasteiger partial charge in [0.25, 0.3) is 5.91 Å². The lowest BCUT2D eigenvalue weighted by Gasteiger charge is -2.19. The number of fused-ring (bicyclic) bond motifs is 1. The fraction of sp³-hybridized carbons (Fsp3) is 0.217. The number of hydrogen-bond acceptors (Lipinski definition) is 6. The molecule has 1 aromatic carbocycles. The van der Waals surface area contributed by atoms with Gasteiger partial charge in [-0.15, -0.1) is 0 Å². The second-order valence-electron chi connectivity index (χ2n) is 7.66. The number of nitrogens with one attached hydrogen (secondary N) is 1. The number of amides is 1. The summed E-state index contributed by atoms with van der Waals surface area (Å²) >= 11 is 0. The fourth-order valence-corrected chi connectivity index (χ4v) is 4.18. The van der Waals surface area contributed by atoms with Crippen molar-refractivity contribution in [1.29, 1.82) is 0 Å². The Morgan fingerprint density at radius 3 is 2.61 bits per heavy atom. The molecule has 8 nitrogen and oxygen atoms in total. The minimum absolute atomic E-state index is 0.0929. The summed E-state index contributed by atoms with van der Waals surface area (Å²) in [6.07, 6.45) is 10.0. The smallest absolute Gasteiger partial charge is 0.272 e. The van der Waals surface area contributed by atoms with Crippen LogP contribution >= 0.6 is 0 Å². The van der Waals surface area contributed by atoms with E-state index in [4.69, 9.17) is 0 Å². The second-order valence-corrected chi connectivity index (χ2v) is 9.68. The van der Waals surface area contributed by atoms with Crippen molar-refractivity contribution in [3.05, 3.63) is 78.4 Å². The first-order valence-electron chi connectivity index (χ1n) is 10.3. The van der Waals surface area contributed by atoms with Crippen LogP contribution in [0.25, 0.3) is 16.9 Å². The molecule has 10 heteroatoms. The highest BCUT2D eigenvalue weighted by molar-refractivity contribution is 7.90. The van der Waals surface area contributed by atoms with Crippen LogP contribution in [-0.4, -0.2) is 39.9 Å². The lowest BCUT2D eigenvalue weighted by molar-refractivity contribution is 0.0930. The summed E-state index contributed by atoms with van der Waals surface area (Å²) in [6, 6.07) is 7.01. The van der Waals surface area contributed by atoms with E-state index in [1.165, 1.54) is 30.6 Å². The van der Waals surface area contributed by atoms with Crippen LogP contribution in [-0.2, 0) is 9.84 Å². The van der Waals surface area contributed by atoms with Crippen LogP contribution in [0.5, 0.6) is 0 Å². The number of carbonyl (C=O) groups excluding carboxylic acids is 1. The number of carbonyl (C=O) groups is 1. The monoisotopic (exact) mass is 467 g/mol. The molecule has 0 spiro atoms. The van der Waals surface area contributed by atoms with Crippen molar-refractivity contribution in [2.24, 2.45) is 0 Å². The lowest BCUT2D eigenvalue weighted by Crippen LogP contribution is -2.29. The van der Waals surface area contributed by atoms with E-state index >= 15 is 0 Å².